The summed E-state index contributed by atoms with van der Waals surface area (Å²) < 4.78 is 16.8. The maximum Gasteiger partial charge on any atom is 0.343 e. The molecule has 0 spiro atoms. The lowest BCUT2D eigenvalue weighted by atomic mass is 10.1. The van der Waals surface area contributed by atoms with Crippen molar-refractivity contribution in [1.82, 2.24) is 0 Å². The smallest absolute Gasteiger partial charge is 0.343 e. The molecule has 1 unspecified atom stereocenters. The predicted octanol–water partition coefficient (Wildman–Crippen LogP) is 4.66. The van der Waals surface area contributed by atoms with E-state index in [0.29, 0.717) is 23.7 Å². The molecular formula is C23H20O6. The number of carbonyl (C=O) groups excluding carboxylic acids is 1. The molecule has 1 fully saturated rings. The molecule has 1 heterocycles. The largest absolute Gasteiger partial charge is 0.478 e. The Morgan fingerprint density at radius 2 is 1.55 bits per heavy atom. The SMILES string of the molecule is O=C(O)c1ccc2cc(OC(=O)c3ccc(OC4CCCCO4)cc3)ccc2c1. The highest BCUT2D eigenvalue weighted by molar-refractivity contribution is 5.95. The van der Waals surface area contributed by atoms with Crippen molar-refractivity contribution in [3.63, 3.8) is 0 Å². The molecule has 0 radical (unpaired) electrons. The van der Waals surface area contributed by atoms with Crippen LogP contribution in [-0.4, -0.2) is 29.9 Å². The number of fused-ring (bicyclic) bond motifs is 1. The standard InChI is InChI=1S/C23H20O6/c24-22(25)18-5-4-17-14-20(11-8-16(17)13-18)29-23(26)15-6-9-19(10-7-15)28-21-3-1-2-12-27-21/h4-11,13-14,21H,1-3,12H2,(H,24,25). The zero-order valence-corrected chi connectivity index (χ0v) is 15.7. The van der Waals surface area contributed by atoms with E-state index >= 15 is 0 Å². The molecule has 1 N–H and O–H groups in total. The third-order valence-corrected chi connectivity index (χ3v) is 4.76. The van der Waals surface area contributed by atoms with Crippen molar-refractivity contribution < 1.29 is 28.9 Å². The summed E-state index contributed by atoms with van der Waals surface area (Å²) in [6, 6.07) is 16.6. The fraction of sp³-hybridized carbons (Fsp3) is 0.217. The quantitative estimate of drug-likeness (QED) is 0.502. The van der Waals surface area contributed by atoms with Gasteiger partial charge in [0.25, 0.3) is 0 Å². The monoisotopic (exact) mass is 392 g/mol. The molecule has 0 aliphatic carbocycles. The molecule has 6 heteroatoms. The third-order valence-electron chi connectivity index (χ3n) is 4.76. The van der Waals surface area contributed by atoms with Crippen molar-refractivity contribution >= 4 is 22.7 Å². The van der Waals surface area contributed by atoms with E-state index < -0.39 is 11.9 Å². The van der Waals surface area contributed by atoms with Crippen molar-refractivity contribution in [2.24, 2.45) is 0 Å². The minimum absolute atomic E-state index is 0.211. The Hall–Kier alpha value is -3.38. The van der Waals surface area contributed by atoms with Crippen LogP contribution >= 0.6 is 0 Å². The van der Waals surface area contributed by atoms with Crippen LogP contribution in [0.1, 0.15) is 40.0 Å². The van der Waals surface area contributed by atoms with E-state index in [0.717, 1.165) is 30.0 Å². The summed E-state index contributed by atoms with van der Waals surface area (Å²) in [4.78, 5) is 23.5. The highest BCUT2D eigenvalue weighted by atomic mass is 16.7. The first-order valence-electron chi connectivity index (χ1n) is 9.46. The number of esters is 1. The fourth-order valence-corrected chi connectivity index (χ4v) is 3.21. The molecule has 1 saturated heterocycles. The van der Waals surface area contributed by atoms with Gasteiger partial charge in [0.1, 0.15) is 11.5 Å². The molecule has 0 amide bonds. The van der Waals surface area contributed by atoms with Crippen LogP contribution in [0.15, 0.2) is 60.7 Å². The van der Waals surface area contributed by atoms with Gasteiger partial charge >= 0.3 is 11.9 Å². The van der Waals surface area contributed by atoms with Crippen molar-refractivity contribution in [3.8, 4) is 11.5 Å². The molecular weight excluding hydrogens is 372 g/mol. The third kappa shape index (κ3) is 4.55. The van der Waals surface area contributed by atoms with Crippen LogP contribution < -0.4 is 9.47 Å². The van der Waals surface area contributed by atoms with Gasteiger partial charge in [0, 0.05) is 6.42 Å². The molecule has 3 aromatic rings. The zero-order valence-electron chi connectivity index (χ0n) is 15.7. The zero-order chi connectivity index (χ0) is 20.2. The van der Waals surface area contributed by atoms with Gasteiger partial charge in [0.05, 0.1) is 17.7 Å². The first-order valence-corrected chi connectivity index (χ1v) is 9.46. The van der Waals surface area contributed by atoms with Crippen LogP contribution in [0.25, 0.3) is 10.8 Å². The van der Waals surface area contributed by atoms with Gasteiger partial charge < -0.3 is 19.3 Å². The minimum atomic E-state index is -0.982. The van der Waals surface area contributed by atoms with Crippen molar-refractivity contribution in [3.05, 3.63) is 71.8 Å². The molecule has 1 atom stereocenters. The van der Waals surface area contributed by atoms with E-state index in [-0.39, 0.29) is 11.9 Å². The van der Waals surface area contributed by atoms with Crippen LogP contribution in [0.5, 0.6) is 11.5 Å². The maximum atomic E-state index is 12.4. The van der Waals surface area contributed by atoms with Gasteiger partial charge in [0.2, 0.25) is 0 Å². The topological polar surface area (TPSA) is 82.1 Å². The number of benzene rings is 3. The molecule has 1 aliphatic heterocycles. The average molecular weight is 392 g/mol. The Bertz CT molecular complexity index is 1030. The normalized spacial score (nSPS) is 16.3. The van der Waals surface area contributed by atoms with E-state index in [4.69, 9.17) is 19.3 Å². The van der Waals surface area contributed by atoms with Gasteiger partial charge in [-0.3, -0.25) is 0 Å². The van der Waals surface area contributed by atoms with Crippen molar-refractivity contribution in [2.45, 2.75) is 25.6 Å². The van der Waals surface area contributed by atoms with E-state index in [2.05, 4.69) is 0 Å². The summed E-state index contributed by atoms with van der Waals surface area (Å²) in [5.41, 5.74) is 0.617. The molecule has 29 heavy (non-hydrogen) atoms. The van der Waals surface area contributed by atoms with Gasteiger partial charge in [0.15, 0.2) is 6.29 Å². The molecule has 6 nitrogen and oxygen atoms in total. The van der Waals surface area contributed by atoms with Crippen LogP contribution in [0.4, 0.5) is 0 Å². The number of carbonyl (C=O) groups is 2. The van der Waals surface area contributed by atoms with Gasteiger partial charge in [-0.1, -0.05) is 12.1 Å². The average Bonchev–Trinajstić information content (AvgIpc) is 2.74. The fourth-order valence-electron chi connectivity index (χ4n) is 3.21. The van der Waals surface area contributed by atoms with Crippen LogP contribution in [0.2, 0.25) is 0 Å². The first-order chi connectivity index (χ1) is 14.1. The summed E-state index contributed by atoms with van der Waals surface area (Å²) in [7, 11) is 0. The molecule has 0 bridgehead atoms. The highest BCUT2D eigenvalue weighted by Crippen LogP contribution is 2.24. The first kappa shape index (κ1) is 19.0. The summed E-state index contributed by atoms with van der Waals surface area (Å²) >= 11 is 0. The number of ether oxygens (including phenoxy) is 3. The summed E-state index contributed by atoms with van der Waals surface area (Å²) in [5.74, 6) is -0.424. The molecule has 1 aliphatic rings. The number of carboxylic acid groups (broad SMARTS) is 1. The molecule has 0 aromatic heterocycles. The lowest BCUT2D eigenvalue weighted by Gasteiger charge is -2.23. The Balaban J connectivity index is 1.43. The molecule has 4 rings (SSSR count). The Morgan fingerprint density at radius 3 is 2.28 bits per heavy atom. The lowest BCUT2D eigenvalue weighted by Crippen LogP contribution is -2.24. The van der Waals surface area contributed by atoms with Gasteiger partial charge in [-0.25, -0.2) is 9.59 Å². The van der Waals surface area contributed by atoms with E-state index in [9.17, 15) is 9.59 Å². The number of hydrogen-bond acceptors (Lipinski definition) is 5. The summed E-state index contributed by atoms with van der Waals surface area (Å²) in [5, 5.41) is 10.6. The van der Waals surface area contributed by atoms with Crippen LogP contribution in [0, 0.1) is 0 Å². The Kier molecular flexibility index (Phi) is 5.44. The predicted molar refractivity (Wildman–Crippen MR) is 107 cm³/mol. The van der Waals surface area contributed by atoms with Crippen molar-refractivity contribution in [1.29, 1.82) is 0 Å². The van der Waals surface area contributed by atoms with Crippen LogP contribution in [0.3, 0.4) is 0 Å². The van der Waals surface area contributed by atoms with E-state index in [1.807, 2.05) is 0 Å². The summed E-state index contributed by atoms with van der Waals surface area (Å²) in [6.07, 6.45) is 2.76. The molecule has 148 valence electrons. The van der Waals surface area contributed by atoms with Crippen molar-refractivity contribution in [2.75, 3.05) is 6.61 Å². The minimum Gasteiger partial charge on any atom is -0.478 e. The number of rotatable bonds is 5. The second-order valence-electron chi connectivity index (χ2n) is 6.86. The van der Waals surface area contributed by atoms with E-state index in [1.54, 1.807) is 54.6 Å². The number of carboxylic acids is 1. The van der Waals surface area contributed by atoms with Gasteiger partial charge in [-0.15, -0.1) is 0 Å². The molecule has 0 saturated carbocycles. The number of aromatic carboxylic acids is 1. The maximum absolute atomic E-state index is 12.4. The van der Waals surface area contributed by atoms with Gasteiger partial charge in [-0.2, -0.15) is 0 Å². The Labute approximate surface area is 167 Å². The summed E-state index contributed by atoms with van der Waals surface area (Å²) in [6.45, 7) is 0.707. The van der Waals surface area contributed by atoms with E-state index in [1.165, 1.54) is 6.07 Å². The molecule has 3 aromatic carbocycles. The van der Waals surface area contributed by atoms with Crippen LogP contribution in [-0.2, 0) is 4.74 Å². The lowest BCUT2D eigenvalue weighted by molar-refractivity contribution is -0.105. The highest BCUT2D eigenvalue weighted by Gasteiger charge is 2.16. The van der Waals surface area contributed by atoms with Gasteiger partial charge in [-0.05, 0) is 72.1 Å². The second kappa shape index (κ2) is 8.32. The number of hydrogen-bond donors (Lipinski definition) is 1. The Morgan fingerprint density at radius 1 is 0.862 bits per heavy atom. The second-order valence-corrected chi connectivity index (χ2v) is 6.86.